The summed E-state index contributed by atoms with van der Waals surface area (Å²) < 4.78 is 6.68. The summed E-state index contributed by atoms with van der Waals surface area (Å²) in [6, 6.07) is -1.44. The van der Waals surface area contributed by atoms with E-state index in [1.165, 1.54) is 0 Å². The zero-order valence-corrected chi connectivity index (χ0v) is 7.91. The summed E-state index contributed by atoms with van der Waals surface area (Å²) >= 11 is 0. The summed E-state index contributed by atoms with van der Waals surface area (Å²) in [6.07, 6.45) is -4.97. The summed E-state index contributed by atoms with van der Waals surface area (Å²) in [5.74, 6) is -0.804. The lowest BCUT2D eigenvalue weighted by molar-refractivity contribution is -0.129. The van der Waals surface area contributed by atoms with Gasteiger partial charge in [-0.05, 0) is 0 Å². The number of aldehydes is 1. The van der Waals surface area contributed by atoms with Gasteiger partial charge in [-0.3, -0.25) is 4.79 Å². The minimum atomic E-state index is -1.77. The van der Waals surface area contributed by atoms with Gasteiger partial charge in [0.2, 0.25) is 5.91 Å². The first-order chi connectivity index (χ1) is 7.47. The summed E-state index contributed by atoms with van der Waals surface area (Å²) in [5, 5.41) is 38.1. The third-order valence-corrected chi connectivity index (χ3v) is 1.77. The van der Waals surface area contributed by atoms with Gasteiger partial charge in [0.25, 0.3) is 0 Å². The number of aliphatic hydroxyl groups excluding tert-OH is 4. The molecule has 0 aliphatic carbocycles. The number of nitrogens with one attached hydrogen (secondary N) is 1. The van der Waals surface area contributed by atoms with Gasteiger partial charge in [-0.1, -0.05) is 0 Å². The number of hydrogen-bond acceptors (Lipinski definition) is 6. The van der Waals surface area contributed by atoms with Gasteiger partial charge in [0.05, 0.1) is 6.61 Å². The molecule has 0 saturated carbocycles. The molecule has 4 atom stereocenters. The van der Waals surface area contributed by atoms with Crippen molar-refractivity contribution in [1.82, 2.24) is 5.32 Å². The third kappa shape index (κ3) is 4.34. The van der Waals surface area contributed by atoms with E-state index in [2.05, 4.69) is 0 Å². The predicted molar refractivity (Wildman–Crippen MR) is 48.8 cm³/mol. The normalized spacial score (nSPS) is 19.6. The summed E-state index contributed by atoms with van der Waals surface area (Å²) in [4.78, 5) is 21.3. The van der Waals surface area contributed by atoms with E-state index in [4.69, 9.17) is 11.6 Å². The molecule has 0 bridgehead atoms. The van der Waals surface area contributed by atoms with Crippen LogP contribution in [0.1, 0.15) is 8.27 Å². The van der Waals surface area contributed by atoms with E-state index in [0.717, 1.165) is 0 Å². The molecule has 0 aliphatic heterocycles. The summed E-state index contributed by atoms with van der Waals surface area (Å²) in [6.45, 7) is -1.42. The number of rotatable bonds is 6. The second-order valence-electron chi connectivity index (χ2n) is 2.96. The molecule has 7 nitrogen and oxygen atoms in total. The molecule has 0 fully saturated rings. The first-order valence-electron chi connectivity index (χ1n) is 4.87. The molecular weight excluding hydrogens is 206 g/mol. The Balaban J connectivity index is 4.45. The average molecular weight is 222 g/mol. The second-order valence-corrected chi connectivity index (χ2v) is 2.96. The van der Waals surface area contributed by atoms with Crippen molar-refractivity contribution in [3.63, 3.8) is 0 Å². The Bertz CT molecular complexity index is 239. The molecule has 0 saturated heterocycles. The van der Waals surface area contributed by atoms with Crippen molar-refractivity contribution >= 4 is 12.2 Å². The lowest BCUT2D eigenvalue weighted by Crippen LogP contribution is -2.53. The number of hydrogen-bond donors (Lipinski definition) is 5. The number of amides is 1. The summed E-state index contributed by atoms with van der Waals surface area (Å²) in [5.41, 5.74) is 0. The molecule has 0 aromatic carbocycles. The van der Waals surface area contributed by atoms with Gasteiger partial charge in [0.1, 0.15) is 30.6 Å². The quantitative estimate of drug-likeness (QED) is 0.301. The van der Waals surface area contributed by atoms with E-state index in [9.17, 15) is 19.8 Å². The van der Waals surface area contributed by atoms with Gasteiger partial charge in [-0.2, -0.15) is 0 Å². The van der Waals surface area contributed by atoms with E-state index >= 15 is 0 Å². The molecule has 0 radical (unpaired) electrons. The van der Waals surface area contributed by atoms with Crippen LogP contribution in [0.15, 0.2) is 0 Å². The fourth-order valence-electron chi connectivity index (χ4n) is 0.934. The molecule has 0 aromatic rings. The molecule has 88 valence electrons. The SMILES string of the molecule is [2H]CC(=O)N[C@@H](C=O)[C@@H](O)[C@H](O)[C@H](O)CO. The van der Waals surface area contributed by atoms with Crippen LogP contribution in [0.4, 0.5) is 0 Å². The van der Waals surface area contributed by atoms with Crippen molar-refractivity contribution in [3.8, 4) is 0 Å². The average Bonchev–Trinajstić information content (AvgIpc) is 2.32. The molecule has 1 amide bonds. The van der Waals surface area contributed by atoms with Gasteiger partial charge >= 0.3 is 0 Å². The molecule has 15 heavy (non-hydrogen) atoms. The first-order valence-corrected chi connectivity index (χ1v) is 4.16. The lowest BCUT2D eigenvalue weighted by atomic mass is 10.0. The summed E-state index contributed by atoms with van der Waals surface area (Å²) in [7, 11) is 0. The van der Waals surface area contributed by atoms with Crippen LogP contribution < -0.4 is 5.32 Å². The van der Waals surface area contributed by atoms with Crippen molar-refractivity contribution in [3.05, 3.63) is 0 Å². The van der Waals surface area contributed by atoms with E-state index in [1.54, 1.807) is 0 Å². The van der Waals surface area contributed by atoms with E-state index < -0.39 is 43.8 Å². The Hall–Kier alpha value is -1.02. The van der Waals surface area contributed by atoms with Crippen LogP contribution in [0.25, 0.3) is 0 Å². The maximum Gasteiger partial charge on any atom is 0.217 e. The molecule has 0 unspecified atom stereocenters. The molecule has 5 N–H and O–H groups in total. The Labute approximate surface area is 87.7 Å². The largest absolute Gasteiger partial charge is 0.394 e. The van der Waals surface area contributed by atoms with Crippen LogP contribution in [0.3, 0.4) is 0 Å². The molecular formula is C8H15NO6. The second kappa shape index (κ2) is 6.46. The van der Waals surface area contributed by atoms with Crippen LogP contribution in [0, 0.1) is 0 Å². The third-order valence-electron chi connectivity index (χ3n) is 1.77. The van der Waals surface area contributed by atoms with Gasteiger partial charge < -0.3 is 30.5 Å². The van der Waals surface area contributed by atoms with Crippen LogP contribution in [0.5, 0.6) is 0 Å². The fourth-order valence-corrected chi connectivity index (χ4v) is 0.934. The van der Waals surface area contributed by atoms with Crippen molar-refractivity contribution in [1.29, 1.82) is 0 Å². The molecule has 0 spiro atoms. The molecule has 7 heteroatoms. The van der Waals surface area contributed by atoms with E-state index in [0.29, 0.717) is 0 Å². The number of aliphatic hydroxyl groups is 4. The maximum absolute atomic E-state index is 10.8. The Morgan fingerprint density at radius 1 is 1.47 bits per heavy atom. The Morgan fingerprint density at radius 2 is 2.07 bits per heavy atom. The van der Waals surface area contributed by atoms with Gasteiger partial charge in [0, 0.05) is 8.27 Å². The van der Waals surface area contributed by atoms with E-state index in [1.807, 2.05) is 5.32 Å². The van der Waals surface area contributed by atoms with Crippen molar-refractivity contribution in [2.24, 2.45) is 0 Å². The molecule has 0 aliphatic rings. The Morgan fingerprint density at radius 3 is 2.47 bits per heavy atom. The lowest BCUT2D eigenvalue weighted by Gasteiger charge is -2.25. The highest BCUT2D eigenvalue weighted by molar-refractivity contribution is 5.77. The Kier molecular flexibility index (Phi) is 5.19. The minimum Gasteiger partial charge on any atom is -0.394 e. The van der Waals surface area contributed by atoms with Gasteiger partial charge in [-0.25, -0.2) is 0 Å². The van der Waals surface area contributed by atoms with Crippen LogP contribution in [0.2, 0.25) is 0 Å². The van der Waals surface area contributed by atoms with Crippen LogP contribution >= 0.6 is 0 Å². The maximum atomic E-state index is 10.8. The highest BCUT2D eigenvalue weighted by Gasteiger charge is 2.31. The molecule has 0 aromatic heterocycles. The fraction of sp³-hybridized carbons (Fsp3) is 0.750. The van der Waals surface area contributed by atoms with Crippen molar-refractivity contribution in [2.45, 2.75) is 31.3 Å². The number of carbonyl (C=O) groups is 2. The molecule has 0 heterocycles. The minimum absolute atomic E-state index is 0.172. The van der Waals surface area contributed by atoms with Gasteiger partial charge in [0.15, 0.2) is 0 Å². The van der Waals surface area contributed by atoms with Crippen LogP contribution in [-0.4, -0.2) is 63.6 Å². The highest BCUT2D eigenvalue weighted by Crippen LogP contribution is 2.03. The smallest absolute Gasteiger partial charge is 0.217 e. The van der Waals surface area contributed by atoms with Crippen molar-refractivity contribution < 1.29 is 31.4 Å². The van der Waals surface area contributed by atoms with Gasteiger partial charge in [-0.15, -0.1) is 0 Å². The molecule has 0 rings (SSSR count). The topological polar surface area (TPSA) is 127 Å². The first kappa shape index (κ1) is 12.1. The number of carbonyl (C=O) groups excluding carboxylic acids is 2. The zero-order chi connectivity index (χ0) is 12.7. The van der Waals surface area contributed by atoms with Crippen molar-refractivity contribution in [2.75, 3.05) is 6.61 Å². The van der Waals surface area contributed by atoms with Crippen LogP contribution in [-0.2, 0) is 9.59 Å². The standard InChI is InChI=1S/C8H15NO6/c1-4(12)9-5(2-10)7(14)8(15)6(13)3-11/h2,5-8,11,13-15H,3H2,1H3,(H,9,12)/t5-,6+,7+,8+/m0/s1/i1D. The monoisotopic (exact) mass is 222 g/mol. The highest BCUT2D eigenvalue weighted by atomic mass is 16.4. The zero-order valence-electron chi connectivity index (χ0n) is 8.91. The predicted octanol–water partition coefficient (Wildman–Crippen LogP) is -3.23. The van der Waals surface area contributed by atoms with E-state index in [-0.39, 0.29) is 6.29 Å².